The molecule has 0 heterocycles. The molecule has 0 radical (unpaired) electrons. The lowest BCUT2D eigenvalue weighted by molar-refractivity contribution is -0.118. The van der Waals surface area contributed by atoms with Gasteiger partial charge < -0.3 is 10.6 Å². The Morgan fingerprint density at radius 3 is 2.73 bits per heavy atom. The van der Waals surface area contributed by atoms with E-state index < -0.39 is 0 Å². The van der Waals surface area contributed by atoms with Gasteiger partial charge in [-0.05, 0) is 13.1 Å². The van der Waals surface area contributed by atoms with Crippen molar-refractivity contribution >= 4 is 5.91 Å². The summed E-state index contributed by atoms with van der Waals surface area (Å²) >= 11 is 0. The lowest BCUT2D eigenvalue weighted by Gasteiger charge is -2.15. The van der Waals surface area contributed by atoms with Gasteiger partial charge in [0, 0.05) is 25.1 Å². The quantitative estimate of drug-likeness (QED) is 0.792. The molecule has 4 heteroatoms. The minimum absolute atomic E-state index is 0.219. The van der Waals surface area contributed by atoms with E-state index in [9.17, 15) is 9.18 Å². The summed E-state index contributed by atoms with van der Waals surface area (Å²) in [5.74, 6) is -0.557. The highest BCUT2D eigenvalue weighted by Crippen LogP contribution is 2.08. The number of nitrogens with two attached hydrogens (primary N) is 1. The van der Waals surface area contributed by atoms with Crippen LogP contribution in [0.2, 0.25) is 0 Å². The van der Waals surface area contributed by atoms with E-state index in [0.717, 1.165) is 0 Å². The fourth-order valence-corrected chi connectivity index (χ4v) is 1.30. The van der Waals surface area contributed by atoms with Gasteiger partial charge in [0.2, 0.25) is 5.91 Å². The van der Waals surface area contributed by atoms with E-state index in [1.807, 2.05) is 11.9 Å². The van der Waals surface area contributed by atoms with E-state index in [2.05, 4.69) is 0 Å². The van der Waals surface area contributed by atoms with E-state index >= 15 is 0 Å². The molecule has 0 saturated carbocycles. The van der Waals surface area contributed by atoms with Gasteiger partial charge in [0.1, 0.15) is 5.82 Å². The summed E-state index contributed by atoms with van der Waals surface area (Å²) in [5.41, 5.74) is 5.65. The monoisotopic (exact) mass is 210 g/mol. The molecule has 0 spiro atoms. The third kappa shape index (κ3) is 4.08. The zero-order valence-corrected chi connectivity index (χ0v) is 8.74. The van der Waals surface area contributed by atoms with Gasteiger partial charge in [-0.1, -0.05) is 18.2 Å². The molecule has 0 aliphatic carbocycles. The minimum Gasteiger partial charge on any atom is -0.370 e. The molecule has 1 aromatic rings. The maximum absolute atomic E-state index is 13.2. The summed E-state index contributed by atoms with van der Waals surface area (Å²) in [5, 5.41) is 0. The van der Waals surface area contributed by atoms with Gasteiger partial charge in [-0.15, -0.1) is 0 Å². The molecular formula is C11H15FN2O. The lowest BCUT2D eigenvalue weighted by atomic mass is 10.2. The largest absolute Gasteiger partial charge is 0.370 e. The molecule has 1 aromatic carbocycles. The smallest absolute Gasteiger partial charge is 0.218 e. The Morgan fingerprint density at radius 1 is 1.47 bits per heavy atom. The van der Waals surface area contributed by atoms with Gasteiger partial charge in [0.15, 0.2) is 0 Å². The number of carbonyl (C=O) groups excluding carboxylic acids is 1. The highest BCUT2D eigenvalue weighted by Gasteiger charge is 2.05. The highest BCUT2D eigenvalue weighted by atomic mass is 19.1. The summed E-state index contributed by atoms with van der Waals surface area (Å²) in [6, 6.07) is 6.61. The highest BCUT2D eigenvalue weighted by molar-refractivity contribution is 5.73. The summed E-state index contributed by atoms with van der Waals surface area (Å²) < 4.78 is 13.2. The first-order chi connectivity index (χ1) is 7.09. The van der Waals surface area contributed by atoms with Crippen LogP contribution in [0.3, 0.4) is 0 Å². The Morgan fingerprint density at radius 2 is 2.13 bits per heavy atom. The number of hydrogen-bond donors (Lipinski definition) is 1. The van der Waals surface area contributed by atoms with Crippen LogP contribution in [-0.4, -0.2) is 24.4 Å². The van der Waals surface area contributed by atoms with Crippen molar-refractivity contribution in [1.29, 1.82) is 0 Å². The Kier molecular flexibility index (Phi) is 4.24. The van der Waals surface area contributed by atoms with Gasteiger partial charge in [-0.3, -0.25) is 4.79 Å². The summed E-state index contributed by atoms with van der Waals surface area (Å²) in [6.07, 6.45) is 0.297. The van der Waals surface area contributed by atoms with Crippen molar-refractivity contribution in [3.8, 4) is 0 Å². The van der Waals surface area contributed by atoms with E-state index in [0.29, 0.717) is 25.1 Å². The van der Waals surface area contributed by atoms with E-state index in [1.165, 1.54) is 6.07 Å². The molecule has 0 saturated heterocycles. The second kappa shape index (κ2) is 5.46. The first kappa shape index (κ1) is 11.7. The van der Waals surface area contributed by atoms with Crippen molar-refractivity contribution in [3.63, 3.8) is 0 Å². The first-order valence-corrected chi connectivity index (χ1v) is 4.80. The van der Waals surface area contributed by atoms with Crippen LogP contribution >= 0.6 is 0 Å². The molecule has 0 fully saturated rings. The predicted molar refractivity (Wildman–Crippen MR) is 56.5 cm³/mol. The molecule has 2 N–H and O–H groups in total. The van der Waals surface area contributed by atoms with Crippen molar-refractivity contribution in [1.82, 2.24) is 4.90 Å². The summed E-state index contributed by atoms with van der Waals surface area (Å²) in [7, 11) is 1.83. The number of amides is 1. The number of benzene rings is 1. The Bertz CT molecular complexity index is 341. The zero-order chi connectivity index (χ0) is 11.3. The number of nitrogens with zero attached hydrogens (tertiary/aromatic N) is 1. The lowest BCUT2D eigenvalue weighted by Crippen LogP contribution is -2.24. The SMILES string of the molecule is CN(CCC(N)=O)Cc1ccccc1F. The second-order valence-corrected chi connectivity index (χ2v) is 3.55. The molecule has 1 amide bonds. The Balaban J connectivity index is 2.47. The molecule has 0 aliphatic heterocycles. The van der Waals surface area contributed by atoms with E-state index in [1.54, 1.807) is 18.2 Å². The van der Waals surface area contributed by atoms with Gasteiger partial charge in [-0.25, -0.2) is 4.39 Å². The third-order valence-corrected chi connectivity index (χ3v) is 2.14. The maximum Gasteiger partial charge on any atom is 0.218 e. The van der Waals surface area contributed by atoms with Crippen molar-refractivity contribution in [2.24, 2.45) is 5.73 Å². The predicted octanol–water partition coefficient (Wildman–Crippen LogP) is 1.13. The molecule has 82 valence electrons. The molecule has 3 nitrogen and oxygen atoms in total. The van der Waals surface area contributed by atoms with Crippen molar-refractivity contribution < 1.29 is 9.18 Å². The van der Waals surface area contributed by atoms with Gasteiger partial charge in [-0.2, -0.15) is 0 Å². The number of hydrogen-bond acceptors (Lipinski definition) is 2. The third-order valence-electron chi connectivity index (χ3n) is 2.14. The molecule has 15 heavy (non-hydrogen) atoms. The van der Waals surface area contributed by atoms with Crippen LogP contribution in [0.5, 0.6) is 0 Å². The van der Waals surface area contributed by atoms with Crippen LogP contribution in [-0.2, 0) is 11.3 Å². The number of rotatable bonds is 5. The first-order valence-electron chi connectivity index (χ1n) is 4.80. The summed E-state index contributed by atoms with van der Waals surface area (Å²) in [6.45, 7) is 1.03. The molecule has 0 aliphatic rings. The van der Waals surface area contributed by atoms with Crippen LogP contribution in [0.25, 0.3) is 0 Å². The van der Waals surface area contributed by atoms with Crippen LogP contribution in [0.1, 0.15) is 12.0 Å². The Labute approximate surface area is 88.7 Å². The average molecular weight is 210 g/mol. The van der Waals surface area contributed by atoms with Crippen LogP contribution in [0.15, 0.2) is 24.3 Å². The summed E-state index contributed by atoms with van der Waals surface area (Å²) in [4.78, 5) is 12.4. The average Bonchev–Trinajstić information content (AvgIpc) is 2.18. The fourth-order valence-electron chi connectivity index (χ4n) is 1.30. The molecule has 0 unspecified atom stereocenters. The zero-order valence-electron chi connectivity index (χ0n) is 8.74. The number of primary amides is 1. The van der Waals surface area contributed by atoms with Crippen molar-refractivity contribution in [2.45, 2.75) is 13.0 Å². The van der Waals surface area contributed by atoms with Gasteiger partial charge in [0.25, 0.3) is 0 Å². The van der Waals surface area contributed by atoms with E-state index in [-0.39, 0.29) is 11.7 Å². The van der Waals surface area contributed by atoms with Crippen LogP contribution in [0, 0.1) is 5.82 Å². The molecule has 0 aromatic heterocycles. The molecular weight excluding hydrogens is 195 g/mol. The minimum atomic E-state index is -0.338. The maximum atomic E-state index is 13.2. The number of carbonyl (C=O) groups is 1. The van der Waals surface area contributed by atoms with E-state index in [4.69, 9.17) is 5.73 Å². The van der Waals surface area contributed by atoms with Crippen LogP contribution < -0.4 is 5.73 Å². The topological polar surface area (TPSA) is 46.3 Å². The standard InChI is InChI=1S/C11H15FN2O/c1-14(7-6-11(13)15)8-9-4-2-3-5-10(9)12/h2-5H,6-8H2,1H3,(H2,13,15). The molecule has 0 bridgehead atoms. The Hall–Kier alpha value is -1.42. The second-order valence-electron chi connectivity index (χ2n) is 3.55. The normalized spacial score (nSPS) is 10.6. The van der Waals surface area contributed by atoms with Gasteiger partial charge >= 0.3 is 0 Å². The molecule has 0 atom stereocenters. The molecule has 1 rings (SSSR count). The van der Waals surface area contributed by atoms with Crippen molar-refractivity contribution in [2.75, 3.05) is 13.6 Å². The fraction of sp³-hybridized carbons (Fsp3) is 0.364. The van der Waals surface area contributed by atoms with Crippen molar-refractivity contribution in [3.05, 3.63) is 35.6 Å². The number of halogens is 1. The van der Waals surface area contributed by atoms with Gasteiger partial charge in [0.05, 0.1) is 0 Å². The van der Waals surface area contributed by atoms with Crippen LogP contribution in [0.4, 0.5) is 4.39 Å².